The Balaban J connectivity index is 2.09. The van der Waals surface area contributed by atoms with E-state index in [0.29, 0.717) is 33.7 Å². The molecule has 0 aromatic heterocycles. The van der Waals surface area contributed by atoms with Crippen LogP contribution in [0, 0.1) is 5.82 Å². The van der Waals surface area contributed by atoms with Crippen LogP contribution in [0.15, 0.2) is 58.6 Å². The standard InChI is InChI=1S/C18H16BrFN2O3/c1-3-8-25-17-15(19)9-12(10-16(17)24-2)11-21-22-18(23)13-4-6-14(20)7-5-13/h3-7,9-11H,1,8H2,2H3,(H,22,23)/b21-11-. The van der Waals surface area contributed by atoms with Crippen molar-refractivity contribution in [3.8, 4) is 11.5 Å². The zero-order valence-corrected chi connectivity index (χ0v) is 15.0. The van der Waals surface area contributed by atoms with E-state index in [1.165, 1.54) is 37.6 Å². The first kappa shape index (κ1) is 18.7. The van der Waals surface area contributed by atoms with Crippen LogP contribution in [0.25, 0.3) is 0 Å². The van der Waals surface area contributed by atoms with Crippen molar-refractivity contribution in [2.24, 2.45) is 5.10 Å². The van der Waals surface area contributed by atoms with Crippen LogP contribution >= 0.6 is 15.9 Å². The van der Waals surface area contributed by atoms with Gasteiger partial charge in [0.05, 0.1) is 17.8 Å². The molecule has 25 heavy (non-hydrogen) atoms. The Labute approximate surface area is 153 Å². The Kier molecular flexibility index (Phi) is 6.71. The van der Waals surface area contributed by atoms with Crippen LogP contribution in [0.3, 0.4) is 0 Å². The summed E-state index contributed by atoms with van der Waals surface area (Å²) in [7, 11) is 1.53. The molecular weight excluding hydrogens is 391 g/mol. The predicted molar refractivity (Wildman–Crippen MR) is 97.8 cm³/mol. The van der Waals surface area contributed by atoms with Gasteiger partial charge >= 0.3 is 0 Å². The lowest BCUT2D eigenvalue weighted by atomic mass is 10.2. The number of benzene rings is 2. The normalized spacial score (nSPS) is 10.5. The molecule has 2 aromatic rings. The molecule has 0 aliphatic carbocycles. The smallest absolute Gasteiger partial charge is 0.271 e. The Morgan fingerprint density at radius 1 is 1.36 bits per heavy atom. The SMILES string of the molecule is C=CCOc1c(Br)cc(/C=N\NC(=O)c2ccc(F)cc2)cc1OC. The second-order valence-corrected chi connectivity index (χ2v) is 5.69. The van der Waals surface area contributed by atoms with E-state index in [2.05, 4.69) is 33.0 Å². The molecule has 0 spiro atoms. The molecule has 0 saturated heterocycles. The number of methoxy groups -OCH3 is 1. The van der Waals surface area contributed by atoms with Crippen molar-refractivity contribution in [2.45, 2.75) is 0 Å². The van der Waals surface area contributed by atoms with Gasteiger partial charge in [-0.15, -0.1) is 0 Å². The molecule has 130 valence electrons. The van der Waals surface area contributed by atoms with Crippen molar-refractivity contribution in [1.29, 1.82) is 0 Å². The number of hydrogen-bond donors (Lipinski definition) is 1. The van der Waals surface area contributed by atoms with Crippen LogP contribution in [0.2, 0.25) is 0 Å². The Bertz CT molecular complexity index is 792. The second kappa shape index (κ2) is 8.98. The average Bonchev–Trinajstić information content (AvgIpc) is 2.61. The summed E-state index contributed by atoms with van der Waals surface area (Å²) in [4.78, 5) is 11.9. The fourth-order valence-electron chi connectivity index (χ4n) is 1.93. The summed E-state index contributed by atoms with van der Waals surface area (Å²) < 4.78 is 24.4. The van der Waals surface area contributed by atoms with E-state index in [1.54, 1.807) is 18.2 Å². The van der Waals surface area contributed by atoms with Crippen LogP contribution in [-0.2, 0) is 0 Å². The van der Waals surface area contributed by atoms with Gasteiger partial charge in [0.1, 0.15) is 12.4 Å². The Morgan fingerprint density at radius 3 is 2.72 bits per heavy atom. The first-order valence-corrected chi connectivity index (χ1v) is 8.04. The monoisotopic (exact) mass is 406 g/mol. The molecule has 0 heterocycles. The van der Waals surface area contributed by atoms with Gasteiger partial charge in [-0.05, 0) is 57.9 Å². The number of hydrazone groups is 1. The molecule has 5 nitrogen and oxygen atoms in total. The number of carbonyl (C=O) groups excluding carboxylic acids is 1. The topological polar surface area (TPSA) is 59.9 Å². The fourth-order valence-corrected chi connectivity index (χ4v) is 2.50. The highest BCUT2D eigenvalue weighted by molar-refractivity contribution is 9.10. The maximum atomic E-state index is 12.8. The Morgan fingerprint density at radius 2 is 2.08 bits per heavy atom. The molecule has 0 fully saturated rings. The van der Waals surface area contributed by atoms with E-state index < -0.39 is 11.7 Å². The van der Waals surface area contributed by atoms with Crippen LogP contribution in [-0.4, -0.2) is 25.8 Å². The second-order valence-electron chi connectivity index (χ2n) is 4.84. The highest BCUT2D eigenvalue weighted by atomic mass is 79.9. The largest absolute Gasteiger partial charge is 0.493 e. The zero-order chi connectivity index (χ0) is 18.2. The van der Waals surface area contributed by atoms with Crippen molar-refractivity contribution in [2.75, 3.05) is 13.7 Å². The van der Waals surface area contributed by atoms with Crippen molar-refractivity contribution >= 4 is 28.1 Å². The third-order valence-electron chi connectivity index (χ3n) is 3.08. The lowest BCUT2D eigenvalue weighted by Gasteiger charge is -2.12. The summed E-state index contributed by atoms with van der Waals surface area (Å²) in [6, 6.07) is 8.67. The van der Waals surface area contributed by atoms with Gasteiger partial charge in [0, 0.05) is 5.56 Å². The van der Waals surface area contributed by atoms with Crippen molar-refractivity contribution in [1.82, 2.24) is 5.43 Å². The number of nitrogens with zero attached hydrogens (tertiary/aromatic N) is 1. The zero-order valence-electron chi connectivity index (χ0n) is 13.5. The molecule has 1 N–H and O–H groups in total. The summed E-state index contributed by atoms with van der Waals surface area (Å²) >= 11 is 3.41. The number of carbonyl (C=O) groups is 1. The molecule has 0 aliphatic heterocycles. The quantitative estimate of drug-likeness (QED) is 0.430. The van der Waals surface area contributed by atoms with Crippen molar-refractivity contribution in [3.63, 3.8) is 0 Å². The van der Waals surface area contributed by atoms with E-state index in [4.69, 9.17) is 9.47 Å². The van der Waals surface area contributed by atoms with E-state index >= 15 is 0 Å². The molecule has 2 aromatic carbocycles. The van der Waals surface area contributed by atoms with Gasteiger partial charge in [0.2, 0.25) is 0 Å². The lowest BCUT2D eigenvalue weighted by molar-refractivity contribution is 0.0955. The van der Waals surface area contributed by atoms with Gasteiger partial charge in [-0.2, -0.15) is 5.10 Å². The number of rotatable bonds is 7. The number of amides is 1. The molecule has 0 saturated carbocycles. The van der Waals surface area contributed by atoms with E-state index in [-0.39, 0.29) is 0 Å². The van der Waals surface area contributed by atoms with Crippen molar-refractivity contribution < 1.29 is 18.7 Å². The van der Waals surface area contributed by atoms with Crippen LogP contribution in [0.4, 0.5) is 4.39 Å². The predicted octanol–water partition coefficient (Wildman–Crippen LogP) is 3.93. The lowest BCUT2D eigenvalue weighted by Crippen LogP contribution is -2.17. The molecule has 7 heteroatoms. The molecule has 2 rings (SSSR count). The first-order chi connectivity index (χ1) is 12.0. The molecule has 0 atom stereocenters. The highest BCUT2D eigenvalue weighted by Gasteiger charge is 2.11. The number of halogens is 2. The Hall–Kier alpha value is -2.67. The van der Waals surface area contributed by atoms with Crippen LogP contribution in [0.1, 0.15) is 15.9 Å². The van der Waals surface area contributed by atoms with E-state index in [9.17, 15) is 9.18 Å². The first-order valence-electron chi connectivity index (χ1n) is 7.25. The van der Waals surface area contributed by atoms with Crippen LogP contribution in [0.5, 0.6) is 11.5 Å². The molecule has 1 amide bonds. The summed E-state index contributed by atoms with van der Waals surface area (Å²) in [5.74, 6) is 0.224. The van der Waals surface area contributed by atoms with Gasteiger partial charge in [-0.1, -0.05) is 12.7 Å². The van der Waals surface area contributed by atoms with Gasteiger partial charge in [0.25, 0.3) is 5.91 Å². The number of hydrogen-bond acceptors (Lipinski definition) is 4. The summed E-state index contributed by atoms with van der Waals surface area (Å²) in [6.07, 6.45) is 3.10. The molecule has 0 unspecified atom stereocenters. The van der Waals surface area contributed by atoms with E-state index in [1.807, 2.05) is 0 Å². The third kappa shape index (κ3) is 5.15. The summed E-state index contributed by atoms with van der Waals surface area (Å²) in [6.45, 7) is 3.95. The fraction of sp³-hybridized carbons (Fsp3) is 0.111. The van der Waals surface area contributed by atoms with E-state index in [0.717, 1.165) is 0 Å². The maximum Gasteiger partial charge on any atom is 0.271 e. The maximum absolute atomic E-state index is 12.8. The average molecular weight is 407 g/mol. The van der Waals surface area contributed by atoms with Crippen LogP contribution < -0.4 is 14.9 Å². The minimum absolute atomic E-state index is 0.311. The summed E-state index contributed by atoms with van der Waals surface area (Å²) in [5.41, 5.74) is 3.38. The highest BCUT2D eigenvalue weighted by Crippen LogP contribution is 2.36. The molecular formula is C18H16BrFN2O3. The minimum atomic E-state index is -0.437. The summed E-state index contributed by atoms with van der Waals surface area (Å²) in [5, 5.41) is 3.90. The molecule has 0 radical (unpaired) electrons. The van der Waals surface area contributed by atoms with Gasteiger partial charge in [0.15, 0.2) is 11.5 Å². The van der Waals surface area contributed by atoms with Gasteiger partial charge in [-0.3, -0.25) is 4.79 Å². The molecule has 0 bridgehead atoms. The van der Waals surface area contributed by atoms with Gasteiger partial charge in [-0.25, -0.2) is 9.82 Å². The van der Waals surface area contributed by atoms with Crippen molar-refractivity contribution in [3.05, 3.63) is 70.5 Å². The number of nitrogens with one attached hydrogen (secondary N) is 1. The minimum Gasteiger partial charge on any atom is -0.493 e. The van der Waals surface area contributed by atoms with Gasteiger partial charge < -0.3 is 9.47 Å². The molecule has 0 aliphatic rings. The third-order valence-corrected chi connectivity index (χ3v) is 3.67. The number of ether oxygens (including phenoxy) is 2.